The van der Waals surface area contributed by atoms with Crippen LogP contribution in [0.2, 0.25) is 0 Å². The van der Waals surface area contributed by atoms with Crippen LogP contribution >= 0.6 is 0 Å². The van der Waals surface area contributed by atoms with Crippen LogP contribution in [0.5, 0.6) is 11.5 Å². The number of methoxy groups -OCH3 is 2. The summed E-state index contributed by atoms with van der Waals surface area (Å²) >= 11 is 0. The second-order valence-electron chi connectivity index (χ2n) is 4.19. The number of benzene rings is 1. The van der Waals surface area contributed by atoms with Gasteiger partial charge in [-0.2, -0.15) is 13.2 Å². The van der Waals surface area contributed by atoms with Crippen LogP contribution < -0.4 is 14.8 Å². The lowest BCUT2D eigenvalue weighted by Gasteiger charge is -2.31. The summed E-state index contributed by atoms with van der Waals surface area (Å²) in [4.78, 5) is 0. The molecule has 100 valence electrons. The second kappa shape index (κ2) is 4.68. The highest BCUT2D eigenvalue weighted by Crippen LogP contribution is 2.42. The van der Waals surface area contributed by atoms with Gasteiger partial charge in [0.15, 0.2) is 11.5 Å². The lowest BCUT2D eigenvalue weighted by molar-refractivity contribution is -0.157. The van der Waals surface area contributed by atoms with Gasteiger partial charge in [-0.25, -0.2) is 5.32 Å². The predicted molar refractivity (Wildman–Crippen MR) is 60.0 cm³/mol. The van der Waals surface area contributed by atoms with Crippen molar-refractivity contribution < 1.29 is 22.6 Å². The fraction of sp³-hybridized carbons (Fsp3) is 0.500. The van der Waals surface area contributed by atoms with Crippen molar-refractivity contribution >= 4 is 0 Å². The van der Waals surface area contributed by atoms with E-state index in [0.29, 0.717) is 17.9 Å². The predicted octanol–water partition coefficient (Wildman–Crippen LogP) is 2.45. The van der Waals surface area contributed by atoms with E-state index in [4.69, 9.17) is 9.47 Å². The molecule has 0 radical (unpaired) electrons. The monoisotopic (exact) mass is 261 g/mol. The zero-order valence-corrected chi connectivity index (χ0v) is 10.1. The van der Waals surface area contributed by atoms with Gasteiger partial charge in [0.25, 0.3) is 0 Å². The number of alkyl halides is 3. The van der Waals surface area contributed by atoms with Crippen LogP contribution in [0.3, 0.4) is 0 Å². The Balaban J connectivity index is 2.10. The quantitative estimate of drug-likeness (QED) is 0.844. The number of fused-ring (bicyclic) bond motifs is 1. The van der Waals surface area contributed by atoms with Gasteiger partial charge in [-0.05, 0) is 29.7 Å². The summed E-state index contributed by atoms with van der Waals surface area (Å²) in [5.74, 6) is 1.04. The fourth-order valence-corrected chi connectivity index (χ4v) is 2.16. The third kappa shape index (κ3) is 2.53. The van der Waals surface area contributed by atoms with Gasteiger partial charge in [0.2, 0.25) is 0 Å². The fourth-order valence-electron chi connectivity index (χ4n) is 2.16. The van der Waals surface area contributed by atoms with Crippen molar-refractivity contribution in [3.63, 3.8) is 0 Å². The summed E-state index contributed by atoms with van der Waals surface area (Å²) in [5, 5.41) is 1.56. The van der Waals surface area contributed by atoms with Crippen molar-refractivity contribution in [1.82, 2.24) is 5.32 Å². The first-order valence-corrected chi connectivity index (χ1v) is 5.51. The maximum absolute atomic E-state index is 12.1. The van der Waals surface area contributed by atoms with Crippen LogP contribution in [-0.4, -0.2) is 27.1 Å². The second-order valence-corrected chi connectivity index (χ2v) is 4.19. The number of hydrogen-bond donors (Lipinski definition) is 1. The smallest absolute Gasteiger partial charge is 0.457 e. The van der Waals surface area contributed by atoms with Crippen LogP contribution in [0, 0.1) is 0 Å². The molecule has 0 saturated carbocycles. The molecule has 0 saturated heterocycles. The van der Waals surface area contributed by atoms with Crippen LogP contribution in [-0.2, 0) is 6.42 Å². The van der Waals surface area contributed by atoms with E-state index in [1.54, 1.807) is 11.4 Å². The maximum Gasteiger partial charge on any atom is 0.457 e. The molecule has 0 heterocycles. The number of nitrogens with one attached hydrogen (secondary N) is 1. The van der Waals surface area contributed by atoms with E-state index in [0.717, 1.165) is 11.1 Å². The van der Waals surface area contributed by atoms with E-state index < -0.39 is 6.30 Å². The zero-order valence-electron chi connectivity index (χ0n) is 10.1. The Kier molecular flexibility index (Phi) is 3.38. The summed E-state index contributed by atoms with van der Waals surface area (Å²) < 4.78 is 46.4. The van der Waals surface area contributed by atoms with Crippen LogP contribution in [0.25, 0.3) is 0 Å². The van der Waals surface area contributed by atoms with Gasteiger partial charge in [-0.3, -0.25) is 0 Å². The van der Waals surface area contributed by atoms with E-state index in [-0.39, 0.29) is 12.5 Å². The zero-order chi connectivity index (χ0) is 13.3. The molecular weight excluding hydrogens is 247 g/mol. The highest BCUT2D eigenvalue weighted by Gasteiger charge is 2.33. The molecule has 0 amide bonds. The topological polar surface area (TPSA) is 30.5 Å². The maximum atomic E-state index is 12.1. The third-order valence-corrected chi connectivity index (χ3v) is 3.10. The Morgan fingerprint density at radius 3 is 2.39 bits per heavy atom. The van der Waals surface area contributed by atoms with Crippen molar-refractivity contribution in [1.29, 1.82) is 0 Å². The SMILES string of the molecule is COc1cc2c(cc1OC)[C@@H](CNC(F)(F)F)C2. The summed E-state index contributed by atoms with van der Waals surface area (Å²) in [5.41, 5.74) is 1.91. The molecule has 1 atom stereocenters. The van der Waals surface area contributed by atoms with Gasteiger partial charge in [-0.15, -0.1) is 0 Å². The number of hydrogen-bond acceptors (Lipinski definition) is 3. The van der Waals surface area contributed by atoms with E-state index in [1.807, 2.05) is 6.07 Å². The minimum atomic E-state index is -4.33. The number of halogens is 3. The summed E-state index contributed by atoms with van der Waals surface area (Å²) in [7, 11) is 3.04. The van der Waals surface area contributed by atoms with Gasteiger partial charge in [0.05, 0.1) is 14.2 Å². The normalized spacial score (nSPS) is 17.9. The minimum absolute atomic E-state index is 0.105. The van der Waals surface area contributed by atoms with Crippen LogP contribution in [0.15, 0.2) is 12.1 Å². The highest BCUT2D eigenvalue weighted by atomic mass is 19.4. The molecule has 0 spiro atoms. The van der Waals surface area contributed by atoms with Gasteiger partial charge in [0.1, 0.15) is 0 Å². The molecule has 2 rings (SSSR count). The van der Waals surface area contributed by atoms with Gasteiger partial charge >= 0.3 is 6.30 Å². The van der Waals surface area contributed by atoms with Crippen molar-refractivity contribution in [3.8, 4) is 11.5 Å². The van der Waals surface area contributed by atoms with Crippen molar-refractivity contribution in [2.45, 2.75) is 18.6 Å². The largest absolute Gasteiger partial charge is 0.493 e. The lowest BCUT2D eigenvalue weighted by atomic mass is 9.77. The molecule has 1 aliphatic rings. The third-order valence-electron chi connectivity index (χ3n) is 3.10. The van der Waals surface area contributed by atoms with Crippen LogP contribution in [0.4, 0.5) is 13.2 Å². The lowest BCUT2D eigenvalue weighted by Crippen LogP contribution is -2.38. The van der Waals surface area contributed by atoms with E-state index in [2.05, 4.69) is 0 Å². The number of rotatable bonds is 4. The average Bonchev–Trinajstić information content (AvgIpc) is 2.28. The first-order valence-electron chi connectivity index (χ1n) is 5.51. The molecule has 0 unspecified atom stereocenters. The molecule has 0 aromatic heterocycles. The molecule has 1 aliphatic carbocycles. The summed E-state index contributed by atoms with van der Waals surface area (Å²) in [6, 6.07) is 3.57. The first kappa shape index (κ1) is 13.0. The molecular formula is C12H14F3NO2. The molecule has 6 heteroatoms. The first-order chi connectivity index (χ1) is 8.44. The van der Waals surface area contributed by atoms with E-state index in [9.17, 15) is 13.2 Å². The van der Waals surface area contributed by atoms with Gasteiger partial charge in [-0.1, -0.05) is 0 Å². The summed E-state index contributed by atoms with van der Waals surface area (Å²) in [6.07, 6.45) is -3.70. The molecule has 0 fully saturated rings. The molecule has 1 N–H and O–H groups in total. The van der Waals surface area contributed by atoms with Crippen molar-refractivity contribution in [2.75, 3.05) is 20.8 Å². The Hall–Kier alpha value is -1.43. The van der Waals surface area contributed by atoms with Gasteiger partial charge < -0.3 is 9.47 Å². The molecule has 0 aliphatic heterocycles. The number of ether oxygens (including phenoxy) is 2. The Bertz CT molecular complexity index is 446. The average molecular weight is 261 g/mol. The standard InChI is InChI=1S/C12H14F3NO2/c1-17-10-4-7-3-8(6-16-12(13,14)15)9(7)5-11(10)18-2/h4-5,8,16H,3,6H2,1-2H3/t8-/m1/s1. The molecule has 1 aromatic carbocycles. The Morgan fingerprint density at radius 1 is 1.22 bits per heavy atom. The van der Waals surface area contributed by atoms with Gasteiger partial charge in [0, 0.05) is 12.5 Å². The molecule has 0 bridgehead atoms. The molecule has 1 aromatic rings. The van der Waals surface area contributed by atoms with E-state index in [1.165, 1.54) is 14.2 Å². The van der Waals surface area contributed by atoms with E-state index >= 15 is 0 Å². The minimum Gasteiger partial charge on any atom is -0.493 e. The van der Waals surface area contributed by atoms with Crippen molar-refractivity contribution in [2.24, 2.45) is 0 Å². The van der Waals surface area contributed by atoms with Crippen molar-refractivity contribution in [3.05, 3.63) is 23.3 Å². The molecule has 3 nitrogen and oxygen atoms in total. The Morgan fingerprint density at radius 2 is 1.83 bits per heavy atom. The summed E-state index contributed by atoms with van der Waals surface area (Å²) in [6.45, 7) is -0.105. The van der Waals surface area contributed by atoms with Crippen LogP contribution in [0.1, 0.15) is 17.0 Å². The molecule has 18 heavy (non-hydrogen) atoms. The Labute approximate surface area is 103 Å². The highest BCUT2D eigenvalue weighted by molar-refractivity contribution is 5.53.